The van der Waals surface area contributed by atoms with Crippen molar-refractivity contribution in [3.05, 3.63) is 52.5 Å². The Morgan fingerprint density at radius 3 is 2.88 bits per heavy atom. The molecule has 2 heterocycles. The molecule has 0 amide bonds. The monoisotopic (exact) mass is 247 g/mol. The highest BCUT2D eigenvalue weighted by Gasteiger charge is 2.23. The van der Waals surface area contributed by atoms with Crippen LogP contribution in [0.25, 0.3) is 0 Å². The fraction of sp³-hybridized carbons (Fsp3) is 0.231. The molecule has 0 spiro atoms. The number of hydrogen-bond donors (Lipinski definition) is 0. The van der Waals surface area contributed by atoms with E-state index < -0.39 is 0 Å². The molecule has 1 atom stereocenters. The van der Waals surface area contributed by atoms with E-state index >= 15 is 0 Å². The molecule has 88 valence electrons. The zero-order chi connectivity index (χ0) is 12.1. The Morgan fingerprint density at radius 1 is 1.41 bits per heavy atom. The van der Waals surface area contributed by atoms with Gasteiger partial charge in [-0.05, 0) is 23.6 Å². The number of thiophene rings is 1. The van der Waals surface area contributed by atoms with Crippen LogP contribution in [0.5, 0.6) is 0 Å². The van der Waals surface area contributed by atoms with Crippen molar-refractivity contribution in [3.8, 4) is 0 Å². The van der Waals surface area contributed by atoms with Crippen molar-refractivity contribution in [3.63, 3.8) is 0 Å². The van der Waals surface area contributed by atoms with E-state index in [1.54, 1.807) is 17.5 Å². The normalized spacial score (nSPS) is 12.1. The molecule has 3 nitrogen and oxygen atoms in total. The second kappa shape index (κ2) is 5.59. The van der Waals surface area contributed by atoms with Crippen LogP contribution < -0.4 is 0 Å². The third-order valence-corrected chi connectivity index (χ3v) is 3.41. The van der Waals surface area contributed by atoms with E-state index in [4.69, 9.17) is 4.74 Å². The van der Waals surface area contributed by atoms with Gasteiger partial charge in [-0.15, -0.1) is 11.3 Å². The molecular weight excluding hydrogens is 234 g/mol. The molecule has 4 heteroatoms. The van der Waals surface area contributed by atoms with Gasteiger partial charge in [0.25, 0.3) is 0 Å². The first-order valence-electron chi connectivity index (χ1n) is 5.32. The minimum absolute atomic E-state index is 0.239. The third-order valence-electron chi connectivity index (χ3n) is 2.52. The predicted octanol–water partition coefficient (Wildman–Crippen LogP) is 2.64. The second-order valence-electron chi connectivity index (χ2n) is 3.61. The first-order chi connectivity index (χ1) is 8.31. The quantitative estimate of drug-likeness (QED) is 0.780. The van der Waals surface area contributed by atoms with E-state index in [1.165, 1.54) is 7.11 Å². The standard InChI is InChI=1S/C13H13NO2S/c1-16-13(15)11(9-10-5-4-8-17-10)12-6-2-3-7-14-12/h2-8,11H,9H2,1H3. The highest BCUT2D eigenvalue weighted by molar-refractivity contribution is 7.09. The second-order valence-corrected chi connectivity index (χ2v) is 4.65. The lowest BCUT2D eigenvalue weighted by molar-refractivity contribution is -0.142. The Kier molecular flexibility index (Phi) is 3.88. The number of esters is 1. The molecule has 0 fully saturated rings. The highest BCUT2D eigenvalue weighted by Crippen LogP contribution is 2.23. The molecule has 17 heavy (non-hydrogen) atoms. The summed E-state index contributed by atoms with van der Waals surface area (Å²) in [6.45, 7) is 0. The van der Waals surface area contributed by atoms with Crippen molar-refractivity contribution in [2.75, 3.05) is 7.11 Å². The van der Waals surface area contributed by atoms with E-state index in [2.05, 4.69) is 4.98 Å². The third kappa shape index (κ3) is 2.91. The van der Waals surface area contributed by atoms with Crippen molar-refractivity contribution in [1.82, 2.24) is 4.98 Å². The van der Waals surface area contributed by atoms with Gasteiger partial charge in [-0.1, -0.05) is 12.1 Å². The van der Waals surface area contributed by atoms with Gasteiger partial charge in [-0.3, -0.25) is 9.78 Å². The van der Waals surface area contributed by atoms with Crippen molar-refractivity contribution in [1.29, 1.82) is 0 Å². The average molecular weight is 247 g/mol. The summed E-state index contributed by atoms with van der Waals surface area (Å²) >= 11 is 1.64. The number of ether oxygens (including phenoxy) is 1. The lowest BCUT2D eigenvalue weighted by Crippen LogP contribution is -2.17. The van der Waals surface area contributed by atoms with Crippen LogP contribution in [0, 0.1) is 0 Å². The smallest absolute Gasteiger partial charge is 0.315 e. The minimum atomic E-state index is -0.320. The largest absolute Gasteiger partial charge is 0.468 e. The van der Waals surface area contributed by atoms with E-state index in [1.807, 2.05) is 35.7 Å². The van der Waals surface area contributed by atoms with Gasteiger partial charge in [0.05, 0.1) is 12.8 Å². The van der Waals surface area contributed by atoms with Gasteiger partial charge in [-0.25, -0.2) is 0 Å². The summed E-state index contributed by atoms with van der Waals surface area (Å²) in [5.41, 5.74) is 0.757. The number of pyridine rings is 1. The first kappa shape index (κ1) is 11.8. The maximum Gasteiger partial charge on any atom is 0.315 e. The number of aromatic nitrogens is 1. The SMILES string of the molecule is COC(=O)C(Cc1cccs1)c1ccccn1. The van der Waals surface area contributed by atoms with Gasteiger partial charge >= 0.3 is 5.97 Å². The van der Waals surface area contributed by atoms with Crippen LogP contribution in [0.3, 0.4) is 0 Å². The van der Waals surface area contributed by atoms with Crippen LogP contribution in [-0.2, 0) is 16.0 Å². The van der Waals surface area contributed by atoms with Gasteiger partial charge in [0, 0.05) is 17.5 Å². The summed E-state index contributed by atoms with van der Waals surface area (Å²) in [7, 11) is 1.41. The number of carbonyl (C=O) groups excluding carboxylic acids is 1. The molecule has 1 unspecified atom stereocenters. The van der Waals surface area contributed by atoms with E-state index in [0.717, 1.165) is 10.6 Å². The number of methoxy groups -OCH3 is 1. The lowest BCUT2D eigenvalue weighted by atomic mass is 10.00. The Morgan fingerprint density at radius 2 is 2.29 bits per heavy atom. The van der Waals surface area contributed by atoms with Crippen LogP contribution in [0.2, 0.25) is 0 Å². The summed E-state index contributed by atoms with van der Waals surface area (Å²) in [4.78, 5) is 17.2. The van der Waals surface area contributed by atoms with Crippen molar-refractivity contribution in [2.24, 2.45) is 0 Å². The molecule has 0 aromatic carbocycles. The Hall–Kier alpha value is -1.68. The van der Waals surface area contributed by atoms with Gasteiger partial charge in [0.2, 0.25) is 0 Å². The van der Waals surface area contributed by atoms with Gasteiger partial charge in [0.1, 0.15) is 5.92 Å². The molecule has 2 rings (SSSR count). The van der Waals surface area contributed by atoms with Crippen molar-refractivity contribution in [2.45, 2.75) is 12.3 Å². The summed E-state index contributed by atoms with van der Waals surface area (Å²) < 4.78 is 4.84. The fourth-order valence-corrected chi connectivity index (χ4v) is 2.41. The summed E-state index contributed by atoms with van der Waals surface area (Å²) in [6, 6.07) is 9.57. The van der Waals surface area contributed by atoms with Crippen LogP contribution >= 0.6 is 11.3 Å². The topological polar surface area (TPSA) is 39.2 Å². The summed E-state index contributed by atoms with van der Waals surface area (Å²) in [5, 5.41) is 2.00. The Bertz CT molecular complexity index is 467. The van der Waals surface area contributed by atoms with Crippen LogP contribution in [0.15, 0.2) is 41.9 Å². The van der Waals surface area contributed by atoms with Gasteiger partial charge in [-0.2, -0.15) is 0 Å². The first-order valence-corrected chi connectivity index (χ1v) is 6.20. The van der Waals surface area contributed by atoms with E-state index in [9.17, 15) is 4.79 Å². The maximum atomic E-state index is 11.8. The lowest BCUT2D eigenvalue weighted by Gasteiger charge is -2.12. The Labute approximate surface area is 104 Å². The average Bonchev–Trinajstić information content (AvgIpc) is 2.89. The number of carbonyl (C=O) groups is 1. The molecule has 0 aliphatic rings. The fourth-order valence-electron chi connectivity index (χ4n) is 1.66. The zero-order valence-corrected chi connectivity index (χ0v) is 10.3. The highest BCUT2D eigenvalue weighted by atomic mass is 32.1. The van der Waals surface area contributed by atoms with Crippen LogP contribution in [0.4, 0.5) is 0 Å². The van der Waals surface area contributed by atoms with Gasteiger partial charge in [0.15, 0.2) is 0 Å². The zero-order valence-electron chi connectivity index (χ0n) is 9.50. The molecule has 0 aliphatic carbocycles. The van der Waals surface area contributed by atoms with Gasteiger partial charge < -0.3 is 4.74 Å². The molecule has 0 bridgehead atoms. The van der Waals surface area contributed by atoms with E-state index in [-0.39, 0.29) is 11.9 Å². The molecular formula is C13H13NO2S. The molecule has 0 saturated carbocycles. The number of hydrogen-bond acceptors (Lipinski definition) is 4. The van der Waals surface area contributed by atoms with Crippen LogP contribution in [-0.4, -0.2) is 18.1 Å². The summed E-state index contributed by atoms with van der Waals surface area (Å²) in [6.07, 6.45) is 2.33. The molecule has 0 saturated heterocycles. The van der Waals surface area contributed by atoms with E-state index in [0.29, 0.717) is 6.42 Å². The Balaban J connectivity index is 2.23. The summed E-state index contributed by atoms with van der Waals surface area (Å²) in [5.74, 6) is -0.558. The molecule has 2 aromatic heterocycles. The number of rotatable bonds is 4. The molecule has 0 aliphatic heterocycles. The number of nitrogens with zero attached hydrogens (tertiary/aromatic N) is 1. The van der Waals surface area contributed by atoms with Crippen LogP contribution in [0.1, 0.15) is 16.5 Å². The van der Waals surface area contributed by atoms with Crippen molar-refractivity contribution < 1.29 is 9.53 Å². The minimum Gasteiger partial charge on any atom is -0.468 e. The maximum absolute atomic E-state index is 11.8. The molecule has 0 radical (unpaired) electrons. The molecule has 0 N–H and O–H groups in total. The predicted molar refractivity (Wildman–Crippen MR) is 67.0 cm³/mol. The van der Waals surface area contributed by atoms with Crippen molar-refractivity contribution >= 4 is 17.3 Å². The molecule has 2 aromatic rings.